The molecule has 6 heterocycles. The van der Waals surface area contributed by atoms with E-state index in [0.29, 0.717) is 11.5 Å². The van der Waals surface area contributed by atoms with Gasteiger partial charge in [-0.05, 0) is 30.3 Å². The number of hydrogen-bond donors (Lipinski definition) is 1. The normalized spacial score (nSPS) is 11.7. The van der Waals surface area contributed by atoms with E-state index in [-0.39, 0.29) is 0 Å². The van der Waals surface area contributed by atoms with Gasteiger partial charge in [0, 0.05) is 18.0 Å². The van der Waals surface area contributed by atoms with E-state index in [4.69, 9.17) is 0 Å². The maximum absolute atomic E-state index is 4.65. The van der Waals surface area contributed by atoms with Gasteiger partial charge in [-0.15, -0.1) is 11.3 Å². The number of H-pyrrole nitrogens is 1. The lowest BCUT2D eigenvalue weighted by molar-refractivity contribution is 1.24. The predicted molar refractivity (Wildman–Crippen MR) is 107 cm³/mol. The van der Waals surface area contributed by atoms with Crippen molar-refractivity contribution in [2.75, 3.05) is 0 Å². The highest BCUT2D eigenvalue weighted by molar-refractivity contribution is 7.21. The Bertz CT molecular complexity index is 1410. The predicted octanol–water partition coefficient (Wildman–Crippen LogP) is 4.30. The summed E-state index contributed by atoms with van der Waals surface area (Å²) in [4.78, 5) is 31.1. The Morgan fingerprint density at radius 2 is 1.93 bits per heavy atom. The van der Waals surface area contributed by atoms with Gasteiger partial charge in [-0.3, -0.25) is 0 Å². The first kappa shape index (κ1) is 14.8. The molecule has 0 bridgehead atoms. The van der Waals surface area contributed by atoms with Gasteiger partial charge in [0.1, 0.15) is 21.0 Å². The van der Waals surface area contributed by atoms with Gasteiger partial charge >= 0.3 is 0 Å². The van der Waals surface area contributed by atoms with Gasteiger partial charge in [-0.2, -0.15) is 0 Å². The number of thiazole rings is 2. The van der Waals surface area contributed by atoms with Gasteiger partial charge < -0.3 is 4.98 Å². The van der Waals surface area contributed by atoms with Crippen LogP contribution in [0, 0.1) is 0 Å². The molecule has 0 radical (unpaired) electrons. The van der Waals surface area contributed by atoms with Crippen molar-refractivity contribution >= 4 is 54.5 Å². The van der Waals surface area contributed by atoms with Crippen molar-refractivity contribution in [3.05, 3.63) is 48.2 Å². The molecule has 1 N–H and O–H groups in total. The molecule has 0 aliphatic rings. The van der Waals surface area contributed by atoms with Crippen molar-refractivity contribution in [3.63, 3.8) is 0 Å². The highest BCUT2D eigenvalue weighted by Gasteiger charge is 2.12. The van der Waals surface area contributed by atoms with E-state index in [1.54, 1.807) is 40.6 Å². The van der Waals surface area contributed by atoms with Gasteiger partial charge in [-0.25, -0.2) is 29.9 Å². The average Bonchev–Trinajstić information content (AvgIpc) is 3.42. The molecule has 0 atom stereocenters. The molecule has 6 rings (SSSR count). The molecule has 0 aliphatic heterocycles. The van der Waals surface area contributed by atoms with E-state index in [0.717, 1.165) is 42.5 Å². The molecule has 0 saturated heterocycles. The molecule has 6 aromatic rings. The number of pyridine rings is 3. The first-order chi connectivity index (χ1) is 13.3. The number of imidazole rings is 1. The van der Waals surface area contributed by atoms with Crippen LogP contribution >= 0.6 is 22.7 Å². The zero-order valence-electron chi connectivity index (χ0n) is 13.6. The first-order valence-electron chi connectivity index (χ1n) is 8.12. The number of rotatable bonds is 2. The summed E-state index contributed by atoms with van der Waals surface area (Å²) in [5.74, 6) is 0.676. The summed E-state index contributed by atoms with van der Waals surface area (Å²) in [5.41, 5.74) is 6.59. The SMILES string of the molecule is c1cnc2sc(-c3cnc4nc(-c5ccc6scnc6n5)[nH]c4c3)nc2c1. The standard InChI is InChI=1S/C18H9N7S2/c1-2-11-18(19-5-1)27-17(24-11)9-6-12-14(20-7-9)25-15(23-12)10-3-4-13-16(22-10)21-8-26-13/h1-8H,(H,20,23,25). The van der Waals surface area contributed by atoms with Crippen molar-refractivity contribution in [1.29, 1.82) is 0 Å². The maximum atomic E-state index is 4.65. The third kappa shape index (κ3) is 2.40. The fourth-order valence-corrected chi connectivity index (χ4v) is 4.42. The summed E-state index contributed by atoms with van der Waals surface area (Å²) in [5, 5.41) is 0.885. The quantitative estimate of drug-likeness (QED) is 0.476. The summed E-state index contributed by atoms with van der Waals surface area (Å²) in [6, 6.07) is 9.81. The lowest BCUT2D eigenvalue weighted by Gasteiger charge is -1.95. The Morgan fingerprint density at radius 3 is 2.89 bits per heavy atom. The summed E-state index contributed by atoms with van der Waals surface area (Å²) in [6.45, 7) is 0. The van der Waals surface area contributed by atoms with Gasteiger partial charge in [0.15, 0.2) is 17.1 Å². The fraction of sp³-hybridized carbons (Fsp3) is 0. The van der Waals surface area contributed by atoms with Crippen molar-refractivity contribution < 1.29 is 0 Å². The molecule has 27 heavy (non-hydrogen) atoms. The van der Waals surface area contributed by atoms with Crippen LogP contribution in [0.3, 0.4) is 0 Å². The number of nitrogens with zero attached hydrogens (tertiary/aromatic N) is 6. The van der Waals surface area contributed by atoms with E-state index in [2.05, 4.69) is 34.9 Å². The smallest absolute Gasteiger partial charge is 0.178 e. The lowest BCUT2D eigenvalue weighted by atomic mass is 10.3. The topological polar surface area (TPSA) is 93.1 Å². The van der Waals surface area contributed by atoms with Crippen LogP contribution < -0.4 is 0 Å². The Labute approximate surface area is 159 Å². The second-order valence-electron chi connectivity index (χ2n) is 5.90. The summed E-state index contributed by atoms with van der Waals surface area (Å²) in [7, 11) is 0. The molecule has 0 aliphatic carbocycles. The Kier molecular flexibility index (Phi) is 3.07. The van der Waals surface area contributed by atoms with Crippen LogP contribution in [0.15, 0.2) is 48.2 Å². The number of aromatic amines is 1. The lowest BCUT2D eigenvalue weighted by Crippen LogP contribution is -1.86. The molecular formula is C18H9N7S2. The Balaban J connectivity index is 1.46. The van der Waals surface area contributed by atoms with Crippen LogP contribution in [-0.4, -0.2) is 34.9 Å². The minimum Gasteiger partial charge on any atom is -0.335 e. The number of fused-ring (bicyclic) bond motifs is 3. The van der Waals surface area contributed by atoms with Crippen LogP contribution in [0.2, 0.25) is 0 Å². The average molecular weight is 387 g/mol. The summed E-state index contributed by atoms with van der Waals surface area (Å²) >= 11 is 3.12. The molecular weight excluding hydrogens is 378 g/mol. The molecule has 0 unspecified atom stereocenters. The third-order valence-electron chi connectivity index (χ3n) is 4.19. The van der Waals surface area contributed by atoms with Crippen LogP contribution in [0.25, 0.3) is 53.9 Å². The summed E-state index contributed by atoms with van der Waals surface area (Å²) < 4.78 is 1.06. The second-order valence-corrected chi connectivity index (χ2v) is 7.76. The Morgan fingerprint density at radius 1 is 0.926 bits per heavy atom. The number of nitrogens with one attached hydrogen (secondary N) is 1. The zero-order chi connectivity index (χ0) is 17.8. The highest BCUT2D eigenvalue weighted by Crippen LogP contribution is 2.30. The van der Waals surface area contributed by atoms with E-state index in [1.165, 1.54) is 0 Å². The highest BCUT2D eigenvalue weighted by atomic mass is 32.1. The minimum atomic E-state index is 0.646. The molecule has 0 saturated carbocycles. The van der Waals surface area contributed by atoms with Gasteiger partial charge in [0.25, 0.3) is 0 Å². The van der Waals surface area contributed by atoms with Crippen LogP contribution in [0.4, 0.5) is 0 Å². The second kappa shape index (κ2) is 5.60. The molecule has 9 heteroatoms. The summed E-state index contributed by atoms with van der Waals surface area (Å²) in [6.07, 6.45) is 3.57. The van der Waals surface area contributed by atoms with E-state index < -0.39 is 0 Å². The van der Waals surface area contributed by atoms with E-state index in [9.17, 15) is 0 Å². The van der Waals surface area contributed by atoms with Gasteiger partial charge in [0.2, 0.25) is 0 Å². The third-order valence-corrected chi connectivity index (χ3v) is 6.00. The molecule has 0 fully saturated rings. The number of aromatic nitrogens is 7. The Hall–Kier alpha value is -3.30. The van der Waals surface area contributed by atoms with Crippen molar-refractivity contribution in [3.8, 4) is 22.1 Å². The first-order valence-corrected chi connectivity index (χ1v) is 9.81. The van der Waals surface area contributed by atoms with Crippen molar-refractivity contribution in [2.24, 2.45) is 0 Å². The molecule has 128 valence electrons. The zero-order valence-corrected chi connectivity index (χ0v) is 15.3. The van der Waals surface area contributed by atoms with Crippen molar-refractivity contribution in [1.82, 2.24) is 34.9 Å². The molecule has 0 amide bonds. The molecule has 6 aromatic heterocycles. The largest absolute Gasteiger partial charge is 0.335 e. The van der Waals surface area contributed by atoms with Crippen LogP contribution in [-0.2, 0) is 0 Å². The van der Waals surface area contributed by atoms with E-state index >= 15 is 0 Å². The van der Waals surface area contributed by atoms with Gasteiger partial charge in [-0.1, -0.05) is 11.3 Å². The van der Waals surface area contributed by atoms with Crippen molar-refractivity contribution in [2.45, 2.75) is 0 Å². The maximum Gasteiger partial charge on any atom is 0.178 e. The van der Waals surface area contributed by atoms with Crippen LogP contribution in [0.5, 0.6) is 0 Å². The van der Waals surface area contributed by atoms with Gasteiger partial charge in [0.05, 0.1) is 15.7 Å². The molecule has 0 spiro atoms. The fourth-order valence-electron chi connectivity index (χ4n) is 2.92. The van der Waals surface area contributed by atoms with Crippen LogP contribution in [0.1, 0.15) is 0 Å². The minimum absolute atomic E-state index is 0.646. The monoisotopic (exact) mass is 387 g/mol. The van der Waals surface area contributed by atoms with E-state index in [1.807, 2.05) is 30.3 Å². The number of hydrogen-bond acceptors (Lipinski definition) is 8. The molecule has 0 aromatic carbocycles. The molecule has 7 nitrogen and oxygen atoms in total.